The van der Waals surface area contributed by atoms with Crippen LogP contribution >= 0.6 is 0 Å². The molecule has 0 bridgehead atoms. The molecule has 0 aliphatic rings. The van der Waals surface area contributed by atoms with Crippen LogP contribution in [0.3, 0.4) is 0 Å². The van der Waals surface area contributed by atoms with Gasteiger partial charge in [0.15, 0.2) is 5.58 Å². The fourth-order valence-corrected chi connectivity index (χ4v) is 1.73. The summed E-state index contributed by atoms with van der Waals surface area (Å²) < 4.78 is 5.50. The van der Waals surface area contributed by atoms with Gasteiger partial charge in [-0.05, 0) is 26.0 Å². The van der Waals surface area contributed by atoms with Crippen molar-refractivity contribution < 1.29 is 4.42 Å². The van der Waals surface area contributed by atoms with Crippen molar-refractivity contribution in [1.82, 2.24) is 15.0 Å². The summed E-state index contributed by atoms with van der Waals surface area (Å²) in [6.07, 6.45) is 0. The van der Waals surface area contributed by atoms with Gasteiger partial charge in [-0.2, -0.15) is 4.98 Å². The van der Waals surface area contributed by atoms with E-state index >= 15 is 0 Å². The van der Waals surface area contributed by atoms with Gasteiger partial charge < -0.3 is 4.42 Å². The Morgan fingerprint density at radius 1 is 1.21 bits per heavy atom. The molecular formula is C13H12N4O2. The van der Waals surface area contributed by atoms with Crippen molar-refractivity contribution in [2.75, 3.05) is 5.32 Å². The van der Waals surface area contributed by atoms with Crippen molar-refractivity contribution in [2.45, 2.75) is 13.8 Å². The second-order valence-electron chi connectivity index (χ2n) is 4.24. The van der Waals surface area contributed by atoms with Crippen LogP contribution < -0.4 is 10.9 Å². The molecular weight excluding hydrogens is 244 g/mol. The maximum Gasteiger partial charge on any atom is 0.302 e. The van der Waals surface area contributed by atoms with Crippen molar-refractivity contribution in [3.8, 4) is 0 Å². The number of nitrogens with zero attached hydrogens (tertiary/aromatic N) is 2. The molecule has 0 fully saturated rings. The molecule has 0 aliphatic carbocycles. The Hall–Kier alpha value is -2.63. The summed E-state index contributed by atoms with van der Waals surface area (Å²) in [6, 6.07) is 7.72. The van der Waals surface area contributed by atoms with Crippen LogP contribution in [0, 0.1) is 13.8 Å². The molecule has 3 aromatic rings. The van der Waals surface area contributed by atoms with Gasteiger partial charge in [-0.3, -0.25) is 15.1 Å². The number of fused-ring (bicyclic) bond motifs is 1. The van der Waals surface area contributed by atoms with E-state index in [1.54, 1.807) is 13.8 Å². The van der Waals surface area contributed by atoms with Crippen LogP contribution in [-0.4, -0.2) is 15.0 Å². The molecule has 0 saturated heterocycles. The largest absolute Gasteiger partial charge is 0.423 e. The lowest BCUT2D eigenvalue weighted by molar-refractivity contribution is 0.621. The van der Waals surface area contributed by atoms with Gasteiger partial charge in [0, 0.05) is 11.3 Å². The highest BCUT2D eigenvalue weighted by molar-refractivity contribution is 5.74. The van der Waals surface area contributed by atoms with E-state index in [-0.39, 0.29) is 5.56 Å². The number of rotatable bonds is 2. The molecule has 1 aromatic carbocycles. The molecule has 0 amide bonds. The maximum absolute atomic E-state index is 11.6. The van der Waals surface area contributed by atoms with E-state index in [1.807, 2.05) is 24.3 Å². The van der Waals surface area contributed by atoms with E-state index < -0.39 is 0 Å². The van der Waals surface area contributed by atoms with Crippen molar-refractivity contribution in [3.63, 3.8) is 0 Å². The highest BCUT2D eigenvalue weighted by Crippen LogP contribution is 2.19. The number of para-hydroxylation sites is 2. The van der Waals surface area contributed by atoms with Crippen LogP contribution in [0.25, 0.3) is 11.1 Å². The highest BCUT2D eigenvalue weighted by atomic mass is 16.4. The van der Waals surface area contributed by atoms with Crippen LogP contribution in [0.5, 0.6) is 0 Å². The molecule has 0 aliphatic heterocycles. The molecule has 0 saturated carbocycles. The molecule has 0 spiro atoms. The summed E-state index contributed by atoms with van der Waals surface area (Å²) in [5.41, 5.74) is 2.52. The first-order valence-electron chi connectivity index (χ1n) is 5.83. The number of H-pyrrole nitrogens is 1. The zero-order valence-corrected chi connectivity index (χ0v) is 10.5. The smallest absolute Gasteiger partial charge is 0.302 e. The molecule has 2 N–H and O–H groups in total. The monoisotopic (exact) mass is 256 g/mol. The van der Waals surface area contributed by atoms with Crippen molar-refractivity contribution in [3.05, 3.63) is 45.9 Å². The maximum atomic E-state index is 11.6. The standard InChI is InChI=1S/C13H12N4O2/c1-7-8(2)14-12(16-11(7)18)17-13-15-9-5-3-4-6-10(9)19-13/h3-6H,1-2H3,(H2,14,15,16,17,18). The van der Waals surface area contributed by atoms with E-state index in [0.717, 1.165) is 5.52 Å². The van der Waals surface area contributed by atoms with Gasteiger partial charge in [-0.15, -0.1) is 0 Å². The molecule has 0 unspecified atom stereocenters. The molecule has 6 heteroatoms. The SMILES string of the molecule is Cc1nc(Nc2nc3ccccc3o2)[nH]c(=O)c1C. The molecule has 2 aromatic heterocycles. The lowest BCUT2D eigenvalue weighted by atomic mass is 10.3. The predicted octanol–water partition coefficient (Wildman–Crippen LogP) is 2.27. The van der Waals surface area contributed by atoms with Gasteiger partial charge in [0.05, 0.1) is 0 Å². The molecule has 0 atom stereocenters. The van der Waals surface area contributed by atoms with Gasteiger partial charge in [-0.1, -0.05) is 12.1 Å². The normalized spacial score (nSPS) is 10.8. The van der Waals surface area contributed by atoms with E-state index in [1.165, 1.54) is 0 Å². The first kappa shape index (κ1) is 11.5. The summed E-state index contributed by atoms with van der Waals surface area (Å²) in [5.74, 6) is 0.319. The summed E-state index contributed by atoms with van der Waals surface area (Å²) >= 11 is 0. The molecule has 3 rings (SSSR count). The van der Waals surface area contributed by atoms with Crippen molar-refractivity contribution >= 4 is 23.1 Å². The number of aromatic amines is 1. The average molecular weight is 256 g/mol. The van der Waals surface area contributed by atoms with Crippen molar-refractivity contribution in [2.24, 2.45) is 0 Å². The first-order chi connectivity index (χ1) is 9.13. The third kappa shape index (κ3) is 2.08. The van der Waals surface area contributed by atoms with E-state index in [9.17, 15) is 4.79 Å². The quantitative estimate of drug-likeness (QED) is 0.734. The minimum atomic E-state index is -0.175. The number of benzene rings is 1. The zero-order valence-electron chi connectivity index (χ0n) is 10.5. The van der Waals surface area contributed by atoms with Crippen LogP contribution in [0.2, 0.25) is 0 Å². The summed E-state index contributed by atoms with van der Waals surface area (Å²) in [6.45, 7) is 3.51. The van der Waals surface area contributed by atoms with Crippen molar-refractivity contribution in [1.29, 1.82) is 0 Å². The van der Waals surface area contributed by atoms with Crippen LogP contribution in [0.4, 0.5) is 12.0 Å². The number of aryl methyl sites for hydroxylation is 1. The lowest BCUT2D eigenvalue weighted by Crippen LogP contribution is -2.15. The van der Waals surface area contributed by atoms with E-state index in [0.29, 0.717) is 28.8 Å². The third-order valence-corrected chi connectivity index (χ3v) is 2.91. The second kappa shape index (κ2) is 4.24. The Labute approximate surface area is 108 Å². The summed E-state index contributed by atoms with van der Waals surface area (Å²) in [5, 5.41) is 2.86. The Kier molecular flexibility index (Phi) is 2.56. The number of oxazole rings is 1. The van der Waals surface area contributed by atoms with E-state index in [2.05, 4.69) is 20.3 Å². The Bertz CT molecular complexity index is 771. The third-order valence-electron chi connectivity index (χ3n) is 2.91. The average Bonchev–Trinajstić information content (AvgIpc) is 2.78. The summed E-state index contributed by atoms with van der Waals surface area (Å²) in [4.78, 5) is 22.8. The van der Waals surface area contributed by atoms with Gasteiger partial charge in [-0.25, -0.2) is 4.98 Å². The Morgan fingerprint density at radius 2 is 2.00 bits per heavy atom. The van der Waals surface area contributed by atoms with E-state index in [4.69, 9.17) is 4.42 Å². The Morgan fingerprint density at radius 3 is 2.74 bits per heavy atom. The topological polar surface area (TPSA) is 83.8 Å². The van der Waals surface area contributed by atoms with Gasteiger partial charge in [0.2, 0.25) is 5.95 Å². The molecule has 19 heavy (non-hydrogen) atoms. The minimum Gasteiger partial charge on any atom is -0.423 e. The van der Waals surface area contributed by atoms with Crippen LogP contribution in [0.15, 0.2) is 33.5 Å². The molecule has 6 nitrogen and oxygen atoms in total. The molecule has 2 heterocycles. The highest BCUT2D eigenvalue weighted by Gasteiger charge is 2.08. The number of nitrogens with one attached hydrogen (secondary N) is 2. The predicted molar refractivity (Wildman–Crippen MR) is 71.6 cm³/mol. The van der Waals surface area contributed by atoms with Gasteiger partial charge in [0.25, 0.3) is 5.56 Å². The summed E-state index contributed by atoms with van der Waals surface area (Å²) in [7, 11) is 0. The first-order valence-corrected chi connectivity index (χ1v) is 5.83. The Balaban J connectivity index is 1.99. The zero-order chi connectivity index (χ0) is 13.4. The molecule has 0 radical (unpaired) electrons. The number of hydrogen-bond donors (Lipinski definition) is 2. The fraction of sp³-hybridized carbons (Fsp3) is 0.154. The van der Waals surface area contributed by atoms with Gasteiger partial charge >= 0.3 is 6.01 Å². The number of hydrogen-bond acceptors (Lipinski definition) is 5. The van der Waals surface area contributed by atoms with Gasteiger partial charge in [0.1, 0.15) is 5.52 Å². The second-order valence-corrected chi connectivity index (χ2v) is 4.24. The minimum absolute atomic E-state index is 0.175. The number of aromatic nitrogens is 3. The molecule has 96 valence electrons. The van der Waals surface area contributed by atoms with Crippen LogP contribution in [0.1, 0.15) is 11.3 Å². The van der Waals surface area contributed by atoms with Crippen LogP contribution in [-0.2, 0) is 0 Å². The fourth-order valence-electron chi connectivity index (χ4n) is 1.73. The number of anilines is 2. The lowest BCUT2D eigenvalue weighted by Gasteiger charge is -2.03.